The summed E-state index contributed by atoms with van der Waals surface area (Å²) in [5, 5.41) is 11.3. The van der Waals surface area contributed by atoms with Gasteiger partial charge in [-0.3, -0.25) is 4.79 Å². The third kappa shape index (κ3) is 3.34. The summed E-state index contributed by atoms with van der Waals surface area (Å²) in [5.41, 5.74) is 10.0. The van der Waals surface area contributed by atoms with Crippen molar-refractivity contribution in [1.29, 1.82) is 0 Å². The number of hydrogen-bond acceptors (Lipinski definition) is 4. The lowest BCUT2D eigenvalue weighted by molar-refractivity contribution is -0.139. The van der Waals surface area contributed by atoms with E-state index in [1.54, 1.807) is 0 Å². The molecule has 0 aromatic heterocycles. The van der Waals surface area contributed by atoms with Gasteiger partial charge < -0.3 is 20.9 Å². The highest BCUT2D eigenvalue weighted by atomic mass is 16.5. The Kier molecular flexibility index (Phi) is 4.72. The number of nitrogens with one attached hydrogen (secondary N) is 1. The molecule has 130 valence electrons. The molecule has 1 aliphatic rings. The number of carboxylic acids is 1. The molecule has 1 amide bonds. The van der Waals surface area contributed by atoms with Crippen LogP contribution in [-0.2, 0) is 9.53 Å². The highest BCUT2D eigenvalue weighted by Gasteiger charge is 2.29. The second-order valence-corrected chi connectivity index (χ2v) is 6.12. The van der Waals surface area contributed by atoms with E-state index in [0.717, 1.165) is 22.3 Å². The van der Waals surface area contributed by atoms with Gasteiger partial charge in [-0.2, -0.15) is 0 Å². The second-order valence-electron chi connectivity index (χ2n) is 6.12. The zero-order valence-electron chi connectivity index (χ0n) is 13.8. The van der Waals surface area contributed by atoms with E-state index in [1.807, 2.05) is 36.4 Å². The van der Waals surface area contributed by atoms with Gasteiger partial charge in [-0.15, -0.1) is 0 Å². The van der Waals surface area contributed by atoms with E-state index in [0.29, 0.717) is 0 Å². The maximum Gasteiger partial charge on any atom is 0.407 e. The quantitative estimate of drug-likeness (QED) is 0.775. The van der Waals surface area contributed by atoms with Gasteiger partial charge in [0, 0.05) is 5.92 Å². The first-order valence-corrected chi connectivity index (χ1v) is 8.09. The third-order valence-corrected chi connectivity index (χ3v) is 4.51. The maximum atomic E-state index is 12.0. The van der Waals surface area contributed by atoms with Crippen molar-refractivity contribution in [3.8, 4) is 11.1 Å². The van der Waals surface area contributed by atoms with Crippen molar-refractivity contribution in [2.45, 2.75) is 24.9 Å². The van der Waals surface area contributed by atoms with E-state index in [4.69, 9.17) is 15.6 Å². The molecular weight excluding hydrogens is 320 g/mol. The van der Waals surface area contributed by atoms with Gasteiger partial charge in [-0.25, -0.2) is 4.79 Å². The van der Waals surface area contributed by atoms with E-state index in [-0.39, 0.29) is 12.5 Å². The first-order valence-electron chi connectivity index (χ1n) is 8.09. The lowest BCUT2D eigenvalue weighted by Gasteiger charge is -2.19. The van der Waals surface area contributed by atoms with Crippen molar-refractivity contribution in [2.75, 3.05) is 6.61 Å². The van der Waals surface area contributed by atoms with Gasteiger partial charge in [0.25, 0.3) is 0 Å². The molecule has 0 saturated carbocycles. The Morgan fingerprint density at radius 3 is 2.16 bits per heavy atom. The van der Waals surface area contributed by atoms with Crippen molar-refractivity contribution < 1.29 is 19.4 Å². The summed E-state index contributed by atoms with van der Waals surface area (Å²) in [7, 11) is 0. The molecule has 6 heteroatoms. The fourth-order valence-corrected chi connectivity index (χ4v) is 3.13. The summed E-state index contributed by atoms with van der Waals surface area (Å²) in [5.74, 6) is -1.21. The summed E-state index contributed by atoms with van der Waals surface area (Å²) in [4.78, 5) is 22.8. The molecule has 0 aliphatic heterocycles. The monoisotopic (exact) mass is 340 g/mol. The van der Waals surface area contributed by atoms with Crippen molar-refractivity contribution in [1.82, 2.24) is 5.32 Å². The largest absolute Gasteiger partial charge is 0.480 e. The Labute approximate surface area is 145 Å². The van der Waals surface area contributed by atoms with E-state index in [9.17, 15) is 9.59 Å². The van der Waals surface area contributed by atoms with Crippen LogP contribution in [0, 0.1) is 0 Å². The average molecular weight is 340 g/mol. The van der Waals surface area contributed by atoms with E-state index in [2.05, 4.69) is 17.4 Å². The van der Waals surface area contributed by atoms with Crippen molar-refractivity contribution in [3.05, 3.63) is 59.7 Å². The van der Waals surface area contributed by atoms with Crippen LogP contribution in [0.3, 0.4) is 0 Å². The maximum absolute atomic E-state index is 12.0. The molecule has 0 unspecified atom stereocenters. The summed E-state index contributed by atoms with van der Waals surface area (Å²) in [6.45, 7) is 1.70. The number of ether oxygens (including phenoxy) is 1. The third-order valence-electron chi connectivity index (χ3n) is 4.51. The fraction of sp³-hybridized carbons (Fsp3) is 0.263. The molecule has 6 nitrogen and oxygen atoms in total. The van der Waals surface area contributed by atoms with Gasteiger partial charge in [0.15, 0.2) is 0 Å². The van der Waals surface area contributed by atoms with Gasteiger partial charge in [0.05, 0.1) is 6.04 Å². The Morgan fingerprint density at radius 2 is 1.64 bits per heavy atom. The van der Waals surface area contributed by atoms with Crippen LogP contribution in [0.5, 0.6) is 0 Å². The summed E-state index contributed by atoms with van der Waals surface area (Å²) in [6, 6.07) is 14.2. The van der Waals surface area contributed by atoms with Crippen LogP contribution in [0.1, 0.15) is 24.0 Å². The number of aliphatic carboxylic acids is 1. The van der Waals surface area contributed by atoms with Gasteiger partial charge in [-0.05, 0) is 29.2 Å². The number of benzene rings is 2. The molecule has 3 rings (SSSR count). The minimum absolute atomic E-state index is 0.0402. The molecule has 25 heavy (non-hydrogen) atoms. The standard InChI is InChI=1S/C19H20N2O4/c1-11(17(20)18(22)23)21-19(24)25-10-16-14-8-4-2-6-12(14)13-7-3-5-9-15(13)16/h2-9,11,16-17H,10,20H2,1H3,(H,21,24)(H,22,23)/t11-,17-/m1/s1. The molecule has 0 fully saturated rings. The van der Waals surface area contributed by atoms with Gasteiger partial charge >= 0.3 is 12.1 Å². The Bertz CT molecular complexity index is 760. The number of carboxylic acid groups (broad SMARTS) is 1. The van der Waals surface area contributed by atoms with Crippen LogP contribution in [0.4, 0.5) is 4.79 Å². The van der Waals surface area contributed by atoms with Crippen LogP contribution >= 0.6 is 0 Å². The molecule has 0 bridgehead atoms. The van der Waals surface area contributed by atoms with E-state index >= 15 is 0 Å². The zero-order valence-corrected chi connectivity index (χ0v) is 13.8. The molecule has 0 heterocycles. The van der Waals surface area contributed by atoms with Gasteiger partial charge in [-0.1, -0.05) is 48.5 Å². The minimum Gasteiger partial charge on any atom is -0.480 e. The summed E-state index contributed by atoms with van der Waals surface area (Å²) >= 11 is 0. The fourth-order valence-electron chi connectivity index (χ4n) is 3.13. The van der Waals surface area contributed by atoms with Crippen LogP contribution in [0.15, 0.2) is 48.5 Å². The summed E-state index contributed by atoms with van der Waals surface area (Å²) in [6.07, 6.45) is -0.675. The molecular formula is C19H20N2O4. The van der Waals surface area contributed by atoms with Crippen LogP contribution < -0.4 is 11.1 Å². The molecule has 2 aromatic carbocycles. The number of carbonyl (C=O) groups is 2. The number of carbonyl (C=O) groups excluding carboxylic acids is 1. The highest BCUT2D eigenvalue weighted by molar-refractivity contribution is 5.79. The van der Waals surface area contributed by atoms with Crippen LogP contribution in [-0.4, -0.2) is 35.9 Å². The van der Waals surface area contributed by atoms with Crippen molar-refractivity contribution >= 4 is 12.1 Å². The number of rotatable bonds is 5. The van der Waals surface area contributed by atoms with E-state index in [1.165, 1.54) is 6.92 Å². The Morgan fingerprint density at radius 1 is 1.12 bits per heavy atom. The van der Waals surface area contributed by atoms with Gasteiger partial charge in [0.1, 0.15) is 12.6 Å². The Hall–Kier alpha value is -2.86. The summed E-state index contributed by atoms with van der Waals surface area (Å²) < 4.78 is 5.34. The van der Waals surface area contributed by atoms with Crippen molar-refractivity contribution in [3.63, 3.8) is 0 Å². The predicted octanol–water partition coefficient (Wildman–Crippen LogP) is 2.33. The minimum atomic E-state index is -1.18. The molecule has 0 radical (unpaired) electrons. The number of alkyl carbamates (subject to hydrolysis) is 1. The average Bonchev–Trinajstić information content (AvgIpc) is 2.93. The van der Waals surface area contributed by atoms with Crippen molar-refractivity contribution in [2.24, 2.45) is 5.73 Å². The number of hydrogen-bond donors (Lipinski definition) is 3. The van der Waals surface area contributed by atoms with Crippen LogP contribution in [0.2, 0.25) is 0 Å². The first-order chi connectivity index (χ1) is 12.0. The topological polar surface area (TPSA) is 102 Å². The SMILES string of the molecule is C[C@@H](NC(=O)OCC1c2ccccc2-c2ccccc21)[C@@H](N)C(=O)O. The smallest absolute Gasteiger partial charge is 0.407 e. The number of amides is 1. The van der Waals surface area contributed by atoms with Crippen LogP contribution in [0.25, 0.3) is 11.1 Å². The highest BCUT2D eigenvalue weighted by Crippen LogP contribution is 2.44. The first kappa shape index (κ1) is 17.0. The lowest BCUT2D eigenvalue weighted by atomic mass is 9.98. The second kappa shape index (κ2) is 6.94. The predicted molar refractivity (Wildman–Crippen MR) is 93.3 cm³/mol. The lowest BCUT2D eigenvalue weighted by Crippen LogP contribution is -2.50. The number of nitrogens with two attached hydrogens (primary N) is 1. The van der Waals surface area contributed by atoms with E-state index < -0.39 is 24.1 Å². The molecule has 0 saturated heterocycles. The molecule has 4 N–H and O–H groups in total. The molecule has 2 aromatic rings. The van der Waals surface area contributed by atoms with Gasteiger partial charge in [0.2, 0.25) is 0 Å². The zero-order chi connectivity index (χ0) is 18.0. The normalized spacial score (nSPS) is 15.0. The molecule has 1 aliphatic carbocycles. The molecule has 0 spiro atoms. The molecule has 2 atom stereocenters. The Balaban J connectivity index is 1.69. The number of fused-ring (bicyclic) bond motifs is 3.